The Morgan fingerprint density at radius 3 is 2.73 bits per heavy atom. The highest BCUT2D eigenvalue weighted by Gasteiger charge is 2.27. The average molecular weight is 389 g/mol. The van der Waals surface area contributed by atoms with Gasteiger partial charge in [-0.2, -0.15) is 15.7 Å². The molecule has 0 fully saturated rings. The molecule has 0 amide bonds. The number of nitriles is 1. The topological polar surface area (TPSA) is 66.2 Å². The van der Waals surface area contributed by atoms with E-state index < -0.39 is 0 Å². The molecule has 4 aromatic rings. The molecule has 0 saturated heterocycles. The van der Waals surface area contributed by atoms with Gasteiger partial charge < -0.3 is 4.84 Å². The van der Waals surface area contributed by atoms with Crippen molar-refractivity contribution >= 4 is 39.2 Å². The van der Waals surface area contributed by atoms with E-state index in [4.69, 9.17) is 11.2 Å². The number of anilines is 1. The molecule has 6 rings (SSSR count). The number of benzene rings is 3. The number of allylic oxidation sites excluding steroid dienone is 1. The summed E-state index contributed by atoms with van der Waals surface area (Å²) in [5, 5.41) is 17.0. The highest BCUT2D eigenvalue weighted by Crippen LogP contribution is 2.33. The quantitative estimate of drug-likeness (QED) is 0.308. The highest BCUT2D eigenvalue weighted by molar-refractivity contribution is 6.11. The van der Waals surface area contributed by atoms with Crippen molar-refractivity contribution < 1.29 is 9.40 Å². The molecule has 5 heteroatoms. The van der Waals surface area contributed by atoms with Crippen molar-refractivity contribution in [2.45, 2.75) is 6.67 Å². The Kier molecular flexibility index (Phi) is 3.46. The fraction of sp³-hybridized carbons (Fsp3) is 0.0400. The summed E-state index contributed by atoms with van der Waals surface area (Å²) in [4.78, 5) is 6.98. The third-order valence-corrected chi connectivity index (χ3v) is 5.95. The lowest BCUT2D eigenvalue weighted by Gasteiger charge is -2.26. The lowest BCUT2D eigenvalue weighted by atomic mass is 9.97. The maximum atomic E-state index is 9.15. The summed E-state index contributed by atoms with van der Waals surface area (Å²) in [6.45, 7) is 0.789. The molecule has 30 heavy (non-hydrogen) atoms. The van der Waals surface area contributed by atoms with Gasteiger partial charge in [-0.15, -0.1) is 0 Å². The molecular weight excluding hydrogens is 372 g/mol. The van der Waals surface area contributed by atoms with Crippen molar-refractivity contribution in [2.75, 3.05) is 4.90 Å². The zero-order valence-electron chi connectivity index (χ0n) is 16.0. The van der Waals surface area contributed by atoms with Gasteiger partial charge in [0.05, 0.1) is 11.1 Å². The normalized spacial score (nSPS) is 13.4. The van der Waals surface area contributed by atoms with Crippen LogP contribution in [-0.4, -0.2) is 0 Å². The molecule has 2 aliphatic heterocycles. The van der Waals surface area contributed by atoms with Gasteiger partial charge in [-0.05, 0) is 52.2 Å². The zero-order chi connectivity index (χ0) is 20.2. The van der Waals surface area contributed by atoms with Gasteiger partial charge in [0.25, 0.3) is 0 Å². The van der Waals surface area contributed by atoms with Crippen LogP contribution in [-0.2, 0) is 11.5 Å². The summed E-state index contributed by atoms with van der Waals surface area (Å²) in [6, 6.07) is 20.7. The van der Waals surface area contributed by atoms with Crippen LogP contribution in [0.2, 0.25) is 0 Å². The number of nitrogens with two attached hydrogens (primary N) is 1. The van der Waals surface area contributed by atoms with Crippen LogP contribution >= 0.6 is 0 Å². The second-order valence-corrected chi connectivity index (χ2v) is 7.52. The average Bonchev–Trinajstić information content (AvgIpc) is 2.80. The Bertz CT molecular complexity index is 1660. The van der Waals surface area contributed by atoms with Crippen molar-refractivity contribution in [1.82, 2.24) is 0 Å². The van der Waals surface area contributed by atoms with E-state index in [2.05, 4.69) is 69.2 Å². The Morgan fingerprint density at radius 2 is 1.93 bits per heavy atom. The van der Waals surface area contributed by atoms with Crippen molar-refractivity contribution in [3.8, 4) is 6.07 Å². The van der Waals surface area contributed by atoms with Crippen LogP contribution in [0.15, 0.2) is 73.1 Å². The number of hydrogen-bond donors (Lipinski definition) is 1. The molecule has 1 aromatic heterocycles. The van der Waals surface area contributed by atoms with E-state index >= 15 is 0 Å². The van der Waals surface area contributed by atoms with Crippen LogP contribution < -0.4 is 25.8 Å². The van der Waals surface area contributed by atoms with E-state index in [1.165, 1.54) is 32.6 Å². The summed E-state index contributed by atoms with van der Waals surface area (Å²) in [6.07, 6.45) is 8.57. The lowest BCUT2D eigenvalue weighted by molar-refractivity contribution is -0.669. The van der Waals surface area contributed by atoms with Gasteiger partial charge in [0.15, 0.2) is 6.20 Å². The summed E-state index contributed by atoms with van der Waals surface area (Å²) >= 11 is 0. The van der Waals surface area contributed by atoms with Gasteiger partial charge in [-0.3, -0.25) is 4.90 Å². The van der Waals surface area contributed by atoms with Gasteiger partial charge in [0, 0.05) is 28.1 Å². The van der Waals surface area contributed by atoms with Crippen molar-refractivity contribution in [1.29, 1.82) is 5.26 Å². The zero-order valence-corrected chi connectivity index (χ0v) is 16.0. The molecule has 3 aromatic carbocycles. The minimum absolute atomic E-state index is 0.105. The molecule has 0 bridgehead atoms. The Morgan fingerprint density at radius 1 is 1.10 bits per heavy atom. The number of rotatable bonds is 1. The lowest BCUT2D eigenvalue weighted by Crippen LogP contribution is -2.47. The Hall–Kier alpha value is -4.14. The van der Waals surface area contributed by atoms with E-state index in [1.807, 2.05) is 30.3 Å². The van der Waals surface area contributed by atoms with Crippen LogP contribution in [0.25, 0.3) is 33.5 Å². The molecule has 0 spiro atoms. The third-order valence-electron chi connectivity index (χ3n) is 5.95. The molecule has 0 aliphatic carbocycles. The van der Waals surface area contributed by atoms with E-state index in [-0.39, 0.29) is 5.76 Å². The summed E-state index contributed by atoms with van der Waals surface area (Å²) < 4.78 is 2.31. The summed E-state index contributed by atoms with van der Waals surface area (Å²) in [5.41, 5.74) is 2.53. The fourth-order valence-electron chi connectivity index (χ4n) is 4.64. The molecule has 3 heterocycles. The Balaban J connectivity index is 1.82. The molecule has 0 radical (unpaired) electrons. The van der Waals surface area contributed by atoms with E-state index in [1.54, 1.807) is 0 Å². The first kappa shape index (κ1) is 16.8. The van der Waals surface area contributed by atoms with Gasteiger partial charge in [0.2, 0.25) is 17.9 Å². The molecule has 0 atom stereocenters. The van der Waals surface area contributed by atoms with Crippen molar-refractivity contribution in [2.24, 2.45) is 5.90 Å². The number of hydrogen-bond acceptors (Lipinski definition) is 4. The smallest absolute Gasteiger partial charge is 0.230 e. The van der Waals surface area contributed by atoms with Gasteiger partial charge >= 0.3 is 0 Å². The monoisotopic (exact) mass is 389 g/mol. The van der Waals surface area contributed by atoms with Gasteiger partial charge in [0.1, 0.15) is 6.07 Å². The number of pyridine rings is 1. The Labute approximate surface area is 171 Å². The van der Waals surface area contributed by atoms with E-state index in [0.717, 1.165) is 17.1 Å². The number of aromatic nitrogens is 1. The molecule has 0 unspecified atom stereocenters. The van der Waals surface area contributed by atoms with Crippen molar-refractivity contribution in [3.63, 3.8) is 0 Å². The fourth-order valence-corrected chi connectivity index (χ4v) is 4.64. The minimum atomic E-state index is 0.105. The van der Waals surface area contributed by atoms with Crippen LogP contribution in [0.1, 0.15) is 0 Å². The first-order valence-electron chi connectivity index (χ1n) is 9.73. The van der Waals surface area contributed by atoms with Gasteiger partial charge in [-0.1, -0.05) is 24.3 Å². The molecule has 0 saturated carbocycles. The molecule has 142 valence electrons. The molecule has 2 aliphatic rings. The largest absolute Gasteiger partial charge is 0.400 e. The SMILES string of the molecule is N#CC(ON)=c1ccc(=c2cc3ccc4ccc[n+]5c4c3c3c2=CC=CN3C5)cc1. The predicted molar refractivity (Wildman–Crippen MR) is 115 cm³/mol. The predicted octanol–water partition coefficient (Wildman–Crippen LogP) is 2.17. The van der Waals surface area contributed by atoms with E-state index in [9.17, 15) is 0 Å². The third kappa shape index (κ3) is 2.22. The first-order valence-corrected chi connectivity index (χ1v) is 9.73. The molecular formula is C25H17N4O+. The standard InChI is InChI=1S/C25H17N4O/c26-14-22(30-27)17-7-5-16(6-8-17)21-13-19-10-9-18-3-1-11-28-15-29-12-2-4-20(21)25(29)23(19)24(18)28/h1-13H,15,27H2/q+1. The summed E-state index contributed by atoms with van der Waals surface area (Å²) in [5.74, 6) is 5.31. The first-order chi connectivity index (χ1) is 14.8. The van der Waals surface area contributed by atoms with Gasteiger partial charge in [-0.25, -0.2) is 0 Å². The minimum Gasteiger partial charge on any atom is -0.400 e. The van der Waals surface area contributed by atoms with Crippen LogP contribution in [0.5, 0.6) is 0 Å². The summed E-state index contributed by atoms with van der Waals surface area (Å²) in [7, 11) is 0. The molecule has 5 nitrogen and oxygen atoms in total. The highest BCUT2D eigenvalue weighted by atomic mass is 16.6. The second-order valence-electron chi connectivity index (χ2n) is 7.52. The van der Waals surface area contributed by atoms with Crippen LogP contribution in [0, 0.1) is 21.8 Å². The number of nitrogens with zero attached hydrogens (tertiary/aromatic N) is 3. The maximum Gasteiger partial charge on any atom is 0.230 e. The van der Waals surface area contributed by atoms with Crippen molar-refractivity contribution in [3.05, 3.63) is 93.9 Å². The second kappa shape index (κ2) is 6.18. The van der Waals surface area contributed by atoms with Crippen LogP contribution in [0.4, 0.5) is 5.69 Å². The maximum absolute atomic E-state index is 9.15. The van der Waals surface area contributed by atoms with Crippen LogP contribution in [0.3, 0.4) is 0 Å². The molecule has 2 N–H and O–H groups in total. The van der Waals surface area contributed by atoms with E-state index in [0.29, 0.717) is 5.22 Å².